The molecule has 1 heterocycles. The predicted octanol–water partition coefficient (Wildman–Crippen LogP) is 3.63. The second-order valence-electron chi connectivity index (χ2n) is 7.02. The van der Waals surface area contributed by atoms with Gasteiger partial charge in [0.25, 0.3) is 0 Å². The Balaban J connectivity index is 1.59. The third-order valence-electron chi connectivity index (χ3n) is 5.19. The largest absolute Gasteiger partial charge is 0.492 e. The van der Waals surface area contributed by atoms with Crippen molar-refractivity contribution in [3.63, 3.8) is 0 Å². The molecule has 29 heavy (non-hydrogen) atoms. The molecule has 1 N–H and O–H groups in total. The number of nitrogens with zero attached hydrogens (tertiary/aromatic N) is 2. The molecule has 1 aliphatic rings. The van der Waals surface area contributed by atoms with Crippen LogP contribution in [0.25, 0.3) is 0 Å². The highest BCUT2D eigenvalue weighted by Crippen LogP contribution is 2.29. The zero-order chi connectivity index (χ0) is 20.6. The fourth-order valence-corrected chi connectivity index (χ4v) is 3.60. The number of hydrogen-bond acceptors (Lipinski definition) is 5. The summed E-state index contributed by atoms with van der Waals surface area (Å²) >= 11 is 0. The van der Waals surface area contributed by atoms with Crippen LogP contribution < -0.4 is 19.7 Å². The van der Waals surface area contributed by atoms with Crippen molar-refractivity contribution in [2.75, 3.05) is 49.6 Å². The van der Waals surface area contributed by atoms with E-state index in [2.05, 4.69) is 21.2 Å². The van der Waals surface area contributed by atoms with Crippen molar-refractivity contribution in [1.82, 2.24) is 4.90 Å². The maximum Gasteiger partial charge on any atom is 0.241 e. The SMILES string of the molecule is CCOc1ccccc1NC(=O)[C@@H](C)N1CCN(c2ccccc2OCC)CC1. The predicted molar refractivity (Wildman–Crippen MR) is 117 cm³/mol. The molecule has 0 spiro atoms. The second kappa shape index (κ2) is 10.2. The minimum atomic E-state index is -0.214. The lowest BCUT2D eigenvalue weighted by molar-refractivity contribution is -0.120. The Morgan fingerprint density at radius 2 is 1.52 bits per heavy atom. The molecule has 156 valence electrons. The highest BCUT2D eigenvalue weighted by Gasteiger charge is 2.27. The molecule has 0 saturated carbocycles. The van der Waals surface area contributed by atoms with Crippen LogP contribution in [-0.4, -0.2) is 56.2 Å². The number of para-hydroxylation sites is 4. The van der Waals surface area contributed by atoms with E-state index < -0.39 is 0 Å². The molecule has 0 unspecified atom stereocenters. The van der Waals surface area contributed by atoms with E-state index in [9.17, 15) is 4.79 Å². The summed E-state index contributed by atoms with van der Waals surface area (Å²) in [6.07, 6.45) is 0. The standard InChI is InChI=1S/C23H31N3O3/c1-4-28-21-12-8-6-10-19(21)24-23(27)18(3)25-14-16-26(17-15-25)20-11-7-9-13-22(20)29-5-2/h6-13,18H,4-5,14-17H2,1-3H3,(H,24,27)/t18-/m1/s1. The Morgan fingerprint density at radius 3 is 2.21 bits per heavy atom. The van der Waals surface area contributed by atoms with Gasteiger partial charge in [-0.15, -0.1) is 0 Å². The van der Waals surface area contributed by atoms with Gasteiger partial charge < -0.3 is 19.7 Å². The zero-order valence-corrected chi connectivity index (χ0v) is 17.6. The Hall–Kier alpha value is -2.73. The first-order valence-electron chi connectivity index (χ1n) is 10.4. The maximum absolute atomic E-state index is 12.8. The number of nitrogens with one attached hydrogen (secondary N) is 1. The molecule has 1 amide bonds. The molecule has 1 saturated heterocycles. The number of rotatable bonds is 8. The molecule has 6 heteroatoms. The molecule has 0 aliphatic carbocycles. The molecular weight excluding hydrogens is 366 g/mol. The van der Waals surface area contributed by atoms with E-state index in [0.717, 1.165) is 43.3 Å². The van der Waals surface area contributed by atoms with Gasteiger partial charge in [-0.05, 0) is 45.0 Å². The molecular formula is C23H31N3O3. The average molecular weight is 398 g/mol. The maximum atomic E-state index is 12.8. The number of ether oxygens (including phenoxy) is 2. The quantitative estimate of drug-likeness (QED) is 0.737. The van der Waals surface area contributed by atoms with Gasteiger partial charge in [-0.2, -0.15) is 0 Å². The zero-order valence-electron chi connectivity index (χ0n) is 17.6. The summed E-state index contributed by atoms with van der Waals surface area (Å²) in [5.41, 5.74) is 1.84. The molecule has 0 aromatic heterocycles. The minimum Gasteiger partial charge on any atom is -0.492 e. The van der Waals surface area contributed by atoms with Crippen molar-refractivity contribution in [2.24, 2.45) is 0 Å². The number of benzene rings is 2. The van der Waals surface area contributed by atoms with Crippen LogP contribution >= 0.6 is 0 Å². The fourth-order valence-electron chi connectivity index (χ4n) is 3.60. The summed E-state index contributed by atoms with van der Waals surface area (Å²) in [6.45, 7) is 10.5. The molecule has 2 aromatic carbocycles. The molecule has 0 bridgehead atoms. The Kier molecular flexibility index (Phi) is 7.36. The van der Waals surface area contributed by atoms with Crippen LogP contribution in [0.5, 0.6) is 11.5 Å². The lowest BCUT2D eigenvalue weighted by Gasteiger charge is -2.39. The van der Waals surface area contributed by atoms with Crippen molar-refractivity contribution < 1.29 is 14.3 Å². The monoisotopic (exact) mass is 397 g/mol. The van der Waals surface area contributed by atoms with Crippen LogP contribution in [0, 0.1) is 0 Å². The number of amides is 1. The van der Waals surface area contributed by atoms with Gasteiger partial charge in [-0.25, -0.2) is 0 Å². The number of anilines is 2. The minimum absolute atomic E-state index is 0.0136. The third-order valence-corrected chi connectivity index (χ3v) is 5.19. The third kappa shape index (κ3) is 5.21. The van der Waals surface area contributed by atoms with Crippen LogP contribution in [0.15, 0.2) is 48.5 Å². The highest BCUT2D eigenvalue weighted by atomic mass is 16.5. The van der Waals surface area contributed by atoms with E-state index in [4.69, 9.17) is 9.47 Å². The van der Waals surface area contributed by atoms with Crippen LogP contribution in [0.3, 0.4) is 0 Å². The van der Waals surface area contributed by atoms with Crippen molar-refractivity contribution in [3.05, 3.63) is 48.5 Å². The van der Waals surface area contributed by atoms with E-state index in [1.54, 1.807) is 0 Å². The summed E-state index contributed by atoms with van der Waals surface area (Å²) < 4.78 is 11.4. The normalized spacial score (nSPS) is 15.6. The van der Waals surface area contributed by atoms with Crippen LogP contribution in [0.2, 0.25) is 0 Å². The van der Waals surface area contributed by atoms with Crippen LogP contribution in [0.4, 0.5) is 11.4 Å². The molecule has 2 aromatic rings. The molecule has 0 radical (unpaired) electrons. The second-order valence-corrected chi connectivity index (χ2v) is 7.02. The van der Waals surface area contributed by atoms with Crippen molar-refractivity contribution in [3.8, 4) is 11.5 Å². The van der Waals surface area contributed by atoms with Gasteiger partial charge in [-0.3, -0.25) is 9.69 Å². The van der Waals surface area contributed by atoms with Crippen molar-refractivity contribution in [2.45, 2.75) is 26.8 Å². The van der Waals surface area contributed by atoms with E-state index in [1.807, 2.05) is 63.2 Å². The lowest BCUT2D eigenvalue weighted by atomic mass is 10.2. The molecule has 1 atom stereocenters. The van der Waals surface area contributed by atoms with Gasteiger partial charge in [0.2, 0.25) is 5.91 Å². The van der Waals surface area contributed by atoms with E-state index in [0.29, 0.717) is 19.0 Å². The lowest BCUT2D eigenvalue weighted by Crippen LogP contribution is -2.52. The molecule has 1 aliphatic heterocycles. The van der Waals surface area contributed by atoms with Gasteiger partial charge >= 0.3 is 0 Å². The fraction of sp³-hybridized carbons (Fsp3) is 0.435. The van der Waals surface area contributed by atoms with Crippen molar-refractivity contribution >= 4 is 17.3 Å². The average Bonchev–Trinajstić information content (AvgIpc) is 2.75. The van der Waals surface area contributed by atoms with Gasteiger partial charge in [0.15, 0.2) is 0 Å². The highest BCUT2D eigenvalue weighted by molar-refractivity contribution is 5.95. The Bertz CT molecular complexity index is 803. The van der Waals surface area contributed by atoms with Gasteiger partial charge in [0.05, 0.1) is 30.6 Å². The smallest absolute Gasteiger partial charge is 0.241 e. The number of carbonyl (C=O) groups excluding carboxylic acids is 1. The van der Waals surface area contributed by atoms with E-state index in [1.165, 1.54) is 0 Å². The number of piperazine rings is 1. The van der Waals surface area contributed by atoms with E-state index >= 15 is 0 Å². The number of carbonyl (C=O) groups is 1. The first kappa shape index (κ1) is 21.0. The van der Waals surface area contributed by atoms with E-state index in [-0.39, 0.29) is 11.9 Å². The summed E-state index contributed by atoms with van der Waals surface area (Å²) in [4.78, 5) is 17.4. The van der Waals surface area contributed by atoms with Gasteiger partial charge in [-0.1, -0.05) is 24.3 Å². The molecule has 1 fully saturated rings. The summed E-state index contributed by atoms with van der Waals surface area (Å²) in [5.74, 6) is 1.61. The van der Waals surface area contributed by atoms with Crippen LogP contribution in [0.1, 0.15) is 20.8 Å². The summed E-state index contributed by atoms with van der Waals surface area (Å²) in [6, 6.07) is 15.5. The first-order chi connectivity index (χ1) is 14.1. The molecule has 6 nitrogen and oxygen atoms in total. The van der Waals surface area contributed by atoms with Crippen LogP contribution in [-0.2, 0) is 4.79 Å². The van der Waals surface area contributed by atoms with Gasteiger partial charge in [0, 0.05) is 26.2 Å². The van der Waals surface area contributed by atoms with Gasteiger partial charge in [0.1, 0.15) is 11.5 Å². The summed E-state index contributed by atoms with van der Waals surface area (Å²) in [5, 5.41) is 3.02. The number of hydrogen-bond donors (Lipinski definition) is 1. The topological polar surface area (TPSA) is 54.0 Å². The Morgan fingerprint density at radius 1 is 0.931 bits per heavy atom. The first-order valence-corrected chi connectivity index (χ1v) is 10.4. The summed E-state index contributed by atoms with van der Waals surface area (Å²) in [7, 11) is 0. The molecule has 3 rings (SSSR count). The van der Waals surface area contributed by atoms with Crippen molar-refractivity contribution in [1.29, 1.82) is 0 Å². The Labute approximate surface area is 173 Å².